The van der Waals surface area contributed by atoms with Crippen LogP contribution in [0.25, 0.3) is 0 Å². The SMILES string of the molecule is CC(C)(C)OC(=O)N1CC[C@@H](NC(=O)/C2=C/CCCC(C3CCCCCCCC3)CCCC2)C1. The van der Waals surface area contributed by atoms with Crippen LogP contribution in [0.15, 0.2) is 11.6 Å². The predicted molar refractivity (Wildman–Crippen MR) is 139 cm³/mol. The third-order valence-corrected chi connectivity index (χ3v) is 7.97. The highest BCUT2D eigenvalue weighted by Crippen LogP contribution is 2.35. The van der Waals surface area contributed by atoms with Crippen molar-refractivity contribution in [3.8, 4) is 0 Å². The molecular weight excluding hydrogens is 424 g/mol. The van der Waals surface area contributed by atoms with E-state index in [2.05, 4.69) is 11.4 Å². The molecule has 194 valence electrons. The summed E-state index contributed by atoms with van der Waals surface area (Å²) in [6, 6.07) is 0.0177. The van der Waals surface area contributed by atoms with Gasteiger partial charge in [0.05, 0.1) is 0 Å². The van der Waals surface area contributed by atoms with Gasteiger partial charge in [-0.15, -0.1) is 0 Å². The molecule has 0 aromatic carbocycles. The minimum absolute atomic E-state index is 0.0177. The molecule has 1 aliphatic heterocycles. The second-order valence-electron chi connectivity index (χ2n) is 12.0. The van der Waals surface area contributed by atoms with Gasteiger partial charge in [-0.3, -0.25) is 4.79 Å². The molecule has 0 radical (unpaired) electrons. The van der Waals surface area contributed by atoms with Crippen molar-refractivity contribution in [3.05, 3.63) is 11.6 Å². The molecule has 2 amide bonds. The summed E-state index contributed by atoms with van der Waals surface area (Å²) in [6.45, 7) is 6.83. The summed E-state index contributed by atoms with van der Waals surface area (Å²) in [7, 11) is 0. The van der Waals surface area contributed by atoms with Crippen molar-refractivity contribution in [3.63, 3.8) is 0 Å². The van der Waals surface area contributed by atoms with E-state index in [1.54, 1.807) is 4.90 Å². The van der Waals surface area contributed by atoms with Crippen LogP contribution < -0.4 is 5.32 Å². The summed E-state index contributed by atoms with van der Waals surface area (Å²) < 4.78 is 5.48. The summed E-state index contributed by atoms with van der Waals surface area (Å²) >= 11 is 0. The fourth-order valence-corrected chi connectivity index (χ4v) is 6.09. The van der Waals surface area contributed by atoms with Crippen LogP contribution >= 0.6 is 0 Å². The number of rotatable bonds is 3. The van der Waals surface area contributed by atoms with Crippen LogP contribution in [0.1, 0.15) is 124 Å². The van der Waals surface area contributed by atoms with Gasteiger partial charge in [-0.1, -0.05) is 70.3 Å². The van der Waals surface area contributed by atoms with Crippen molar-refractivity contribution in [2.24, 2.45) is 11.8 Å². The van der Waals surface area contributed by atoms with E-state index in [1.165, 1.54) is 77.0 Å². The number of carbonyl (C=O) groups excluding carboxylic acids is 2. The van der Waals surface area contributed by atoms with Gasteiger partial charge in [0.15, 0.2) is 0 Å². The van der Waals surface area contributed by atoms with E-state index in [0.717, 1.165) is 43.1 Å². The highest BCUT2D eigenvalue weighted by atomic mass is 16.6. The topological polar surface area (TPSA) is 58.6 Å². The first-order valence-electron chi connectivity index (χ1n) is 14.3. The monoisotopic (exact) mass is 474 g/mol. The molecule has 1 saturated carbocycles. The number of hydrogen-bond acceptors (Lipinski definition) is 3. The minimum Gasteiger partial charge on any atom is -0.444 e. The highest BCUT2D eigenvalue weighted by Gasteiger charge is 2.31. The zero-order valence-corrected chi connectivity index (χ0v) is 22.2. The fourth-order valence-electron chi connectivity index (χ4n) is 6.09. The molecule has 2 aliphatic carbocycles. The van der Waals surface area contributed by atoms with E-state index in [-0.39, 0.29) is 18.0 Å². The number of ether oxygens (including phenoxy) is 1. The molecule has 1 N–H and O–H groups in total. The Kier molecular flexibility index (Phi) is 10.8. The number of hydrogen-bond donors (Lipinski definition) is 1. The van der Waals surface area contributed by atoms with Crippen LogP contribution in [0.5, 0.6) is 0 Å². The third kappa shape index (κ3) is 9.26. The standard InChI is InChI=1S/C29H50N2O3/c1-29(2,3)34-28(33)31-21-20-26(22-31)30-27(32)25-18-12-10-16-24(17-11-13-19-25)23-14-8-6-4-5-7-9-15-23/h18,23-24,26H,4-17,19-22H2,1-3H3,(H,30,32)/b25-18+/t24?,26-/m1/s1. The lowest BCUT2D eigenvalue weighted by Crippen LogP contribution is -2.40. The average Bonchev–Trinajstić information content (AvgIpc) is 3.29. The van der Waals surface area contributed by atoms with Gasteiger partial charge < -0.3 is 15.0 Å². The number of nitrogens with one attached hydrogen (secondary N) is 1. The number of likely N-dealkylation sites (tertiary alicyclic amines) is 1. The van der Waals surface area contributed by atoms with Crippen molar-refractivity contribution >= 4 is 12.0 Å². The van der Waals surface area contributed by atoms with Gasteiger partial charge in [0, 0.05) is 24.7 Å². The third-order valence-electron chi connectivity index (χ3n) is 7.97. The minimum atomic E-state index is -0.493. The Balaban J connectivity index is 1.46. The zero-order chi connectivity index (χ0) is 24.4. The van der Waals surface area contributed by atoms with Gasteiger partial charge in [-0.05, 0) is 71.1 Å². The molecule has 0 bridgehead atoms. The lowest BCUT2D eigenvalue weighted by molar-refractivity contribution is -0.118. The van der Waals surface area contributed by atoms with E-state index in [0.29, 0.717) is 13.1 Å². The smallest absolute Gasteiger partial charge is 0.410 e. The van der Waals surface area contributed by atoms with E-state index < -0.39 is 5.60 Å². The average molecular weight is 475 g/mol. The van der Waals surface area contributed by atoms with E-state index >= 15 is 0 Å². The Labute approximate surface area is 208 Å². The maximum absolute atomic E-state index is 13.0. The van der Waals surface area contributed by atoms with Crippen molar-refractivity contribution in [2.45, 2.75) is 135 Å². The number of allylic oxidation sites excluding steroid dienone is 1. The first kappa shape index (κ1) is 27.1. The Morgan fingerprint density at radius 2 is 1.44 bits per heavy atom. The molecule has 5 nitrogen and oxygen atoms in total. The number of amides is 2. The van der Waals surface area contributed by atoms with Gasteiger partial charge in [-0.25, -0.2) is 4.79 Å². The van der Waals surface area contributed by atoms with Crippen molar-refractivity contribution in [1.82, 2.24) is 10.2 Å². The van der Waals surface area contributed by atoms with Crippen molar-refractivity contribution in [2.75, 3.05) is 13.1 Å². The second-order valence-corrected chi connectivity index (χ2v) is 12.0. The quantitative estimate of drug-likeness (QED) is 0.472. The van der Waals surface area contributed by atoms with Crippen molar-refractivity contribution in [1.29, 1.82) is 0 Å². The van der Waals surface area contributed by atoms with Crippen LogP contribution in [0.4, 0.5) is 4.79 Å². The molecule has 2 atom stereocenters. The summed E-state index contributed by atoms with van der Waals surface area (Å²) in [6.07, 6.45) is 22.3. The van der Waals surface area contributed by atoms with Crippen molar-refractivity contribution < 1.29 is 14.3 Å². The lowest BCUT2D eigenvalue weighted by Gasteiger charge is -2.28. The van der Waals surface area contributed by atoms with Gasteiger partial charge in [0.25, 0.3) is 0 Å². The van der Waals surface area contributed by atoms with E-state index in [9.17, 15) is 9.59 Å². The van der Waals surface area contributed by atoms with Crippen LogP contribution in [-0.4, -0.2) is 41.6 Å². The van der Waals surface area contributed by atoms with E-state index in [4.69, 9.17) is 4.74 Å². The second kappa shape index (κ2) is 13.5. The Bertz CT molecular complexity index is 671. The molecule has 5 heteroatoms. The largest absolute Gasteiger partial charge is 0.444 e. The molecule has 1 heterocycles. The molecule has 3 rings (SSSR count). The maximum atomic E-state index is 13.0. The normalized spacial score (nSPS) is 28.1. The molecular formula is C29H50N2O3. The predicted octanol–water partition coefficient (Wildman–Crippen LogP) is 7.15. The Hall–Kier alpha value is -1.52. The molecule has 0 aromatic rings. The maximum Gasteiger partial charge on any atom is 0.410 e. The van der Waals surface area contributed by atoms with E-state index in [1.807, 2.05) is 20.8 Å². The first-order valence-corrected chi connectivity index (χ1v) is 14.3. The Morgan fingerprint density at radius 1 is 0.853 bits per heavy atom. The van der Waals surface area contributed by atoms with Gasteiger partial charge in [0.2, 0.25) is 5.91 Å². The molecule has 1 saturated heterocycles. The summed E-state index contributed by atoms with van der Waals surface area (Å²) in [5, 5.41) is 3.20. The first-order chi connectivity index (χ1) is 16.3. The zero-order valence-electron chi connectivity index (χ0n) is 22.2. The Morgan fingerprint density at radius 3 is 2.09 bits per heavy atom. The molecule has 1 unspecified atom stereocenters. The van der Waals surface area contributed by atoms with Crippen LogP contribution in [-0.2, 0) is 9.53 Å². The number of nitrogens with zero attached hydrogens (tertiary/aromatic N) is 1. The van der Waals surface area contributed by atoms with Gasteiger partial charge >= 0.3 is 6.09 Å². The summed E-state index contributed by atoms with van der Waals surface area (Å²) in [5.41, 5.74) is 0.462. The molecule has 2 fully saturated rings. The summed E-state index contributed by atoms with van der Waals surface area (Å²) in [4.78, 5) is 27.1. The lowest BCUT2D eigenvalue weighted by atomic mass is 9.78. The molecule has 0 aromatic heterocycles. The van der Waals surface area contributed by atoms with Gasteiger partial charge in [0.1, 0.15) is 5.60 Å². The van der Waals surface area contributed by atoms with Crippen LogP contribution in [0.3, 0.4) is 0 Å². The van der Waals surface area contributed by atoms with Gasteiger partial charge in [-0.2, -0.15) is 0 Å². The molecule has 0 spiro atoms. The van der Waals surface area contributed by atoms with Crippen LogP contribution in [0, 0.1) is 11.8 Å². The molecule has 34 heavy (non-hydrogen) atoms. The van der Waals surface area contributed by atoms with Crippen LogP contribution in [0.2, 0.25) is 0 Å². The fraction of sp³-hybridized carbons (Fsp3) is 0.862. The summed E-state index contributed by atoms with van der Waals surface area (Å²) in [5.74, 6) is 1.89. The molecule has 3 aliphatic rings. The number of carbonyl (C=O) groups is 2. The highest BCUT2D eigenvalue weighted by molar-refractivity contribution is 5.93.